The Hall–Kier alpha value is -1.10. The number of nitrogens with one attached hydrogen (secondary N) is 1. The Morgan fingerprint density at radius 3 is 2.55 bits per heavy atom. The Morgan fingerprint density at radius 2 is 1.90 bits per heavy atom. The molecule has 0 amide bonds. The Bertz CT molecular complexity index is 454. The van der Waals surface area contributed by atoms with Gasteiger partial charge in [0.05, 0.1) is 5.56 Å². The highest BCUT2D eigenvalue weighted by atomic mass is 19.4. The van der Waals surface area contributed by atoms with Crippen molar-refractivity contribution in [2.24, 2.45) is 0 Å². The van der Waals surface area contributed by atoms with Gasteiger partial charge in [0, 0.05) is 6.04 Å². The number of likely N-dealkylation sites (N-methyl/N-ethyl adjacent to an activating group) is 1. The molecule has 1 fully saturated rings. The van der Waals surface area contributed by atoms with E-state index in [0.717, 1.165) is 44.4 Å². The lowest BCUT2D eigenvalue weighted by Gasteiger charge is -2.33. The highest BCUT2D eigenvalue weighted by Crippen LogP contribution is 2.37. The summed E-state index contributed by atoms with van der Waals surface area (Å²) in [6.07, 6.45) is -0.743. The van der Waals surface area contributed by atoms with E-state index in [9.17, 15) is 17.6 Å². The van der Waals surface area contributed by atoms with Gasteiger partial charge in [0.15, 0.2) is 0 Å². The average molecular weight is 289 g/mol. The molecule has 1 aromatic rings. The lowest BCUT2D eigenvalue weighted by Crippen LogP contribution is -2.37. The van der Waals surface area contributed by atoms with Crippen LogP contribution in [0.1, 0.15) is 49.7 Å². The number of halogens is 4. The molecule has 1 aliphatic rings. The Morgan fingerprint density at radius 1 is 1.20 bits per heavy atom. The Kier molecular flexibility index (Phi) is 4.68. The van der Waals surface area contributed by atoms with Crippen molar-refractivity contribution in [3.8, 4) is 0 Å². The average Bonchev–Trinajstić information content (AvgIpc) is 2.39. The molecule has 1 aromatic carbocycles. The first kappa shape index (κ1) is 15.3. The third-order valence-electron chi connectivity index (χ3n) is 3.96. The molecule has 112 valence electrons. The van der Waals surface area contributed by atoms with Crippen molar-refractivity contribution in [1.29, 1.82) is 0 Å². The van der Waals surface area contributed by atoms with Crippen molar-refractivity contribution < 1.29 is 17.6 Å². The topological polar surface area (TPSA) is 12.0 Å². The van der Waals surface area contributed by atoms with E-state index in [1.165, 1.54) is 6.07 Å². The van der Waals surface area contributed by atoms with E-state index in [4.69, 9.17) is 0 Å². The third kappa shape index (κ3) is 3.32. The highest BCUT2D eigenvalue weighted by molar-refractivity contribution is 5.31. The maximum atomic E-state index is 13.3. The van der Waals surface area contributed by atoms with Crippen LogP contribution in [-0.4, -0.2) is 12.6 Å². The van der Waals surface area contributed by atoms with Crippen LogP contribution in [0.15, 0.2) is 18.2 Å². The fraction of sp³-hybridized carbons (Fsp3) is 0.600. The van der Waals surface area contributed by atoms with Crippen molar-refractivity contribution in [3.63, 3.8) is 0 Å². The van der Waals surface area contributed by atoms with Gasteiger partial charge < -0.3 is 5.32 Å². The number of alkyl halides is 3. The molecule has 2 unspecified atom stereocenters. The zero-order chi connectivity index (χ0) is 14.8. The van der Waals surface area contributed by atoms with E-state index in [1.54, 1.807) is 0 Å². The van der Waals surface area contributed by atoms with Gasteiger partial charge in [-0.25, -0.2) is 4.39 Å². The Labute approximate surface area is 116 Å². The predicted molar refractivity (Wildman–Crippen MR) is 70.1 cm³/mol. The normalized spacial score (nSPS) is 23.9. The van der Waals surface area contributed by atoms with Crippen LogP contribution >= 0.6 is 0 Å². The number of rotatable bonds is 3. The molecule has 2 atom stereocenters. The van der Waals surface area contributed by atoms with E-state index < -0.39 is 17.6 Å². The van der Waals surface area contributed by atoms with Gasteiger partial charge in [-0.1, -0.05) is 25.8 Å². The molecule has 1 N–H and O–H groups in total. The van der Waals surface area contributed by atoms with Crippen LogP contribution in [0, 0.1) is 5.82 Å². The van der Waals surface area contributed by atoms with E-state index in [-0.39, 0.29) is 12.0 Å². The summed E-state index contributed by atoms with van der Waals surface area (Å²) in [6, 6.07) is 3.59. The molecule has 1 nitrogen and oxygen atoms in total. The maximum absolute atomic E-state index is 13.3. The standard InChI is InChI=1S/C15H19F4N/c1-2-20-14-6-4-3-5-11(14)10-7-8-13(16)12(9-10)15(17,18)19/h7-9,11,14,20H,2-6H2,1H3. The molecular weight excluding hydrogens is 270 g/mol. The van der Waals surface area contributed by atoms with Gasteiger partial charge in [-0.05, 0) is 43.0 Å². The van der Waals surface area contributed by atoms with Crippen LogP contribution in [0.5, 0.6) is 0 Å². The molecule has 0 spiro atoms. The molecule has 5 heteroatoms. The minimum atomic E-state index is -4.64. The number of hydrogen-bond acceptors (Lipinski definition) is 1. The van der Waals surface area contributed by atoms with E-state index >= 15 is 0 Å². The van der Waals surface area contributed by atoms with Crippen molar-refractivity contribution in [1.82, 2.24) is 5.32 Å². The molecule has 20 heavy (non-hydrogen) atoms. The maximum Gasteiger partial charge on any atom is 0.419 e. The minimum absolute atomic E-state index is 0.0328. The minimum Gasteiger partial charge on any atom is -0.314 e. The van der Waals surface area contributed by atoms with Crippen molar-refractivity contribution in [2.45, 2.75) is 50.7 Å². The molecule has 0 aliphatic heterocycles. The first-order valence-electron chi connectivity index (χ1n) is 7.03. The summed E-state index contributed by atoms with van der Waals surface area (Å²) < 4.78 is 51.7. The zero-order valence-electron chi connectivity index (χ0n) is 11.4. The molecule has 0 saturated heterocycles. The van der Waals surface area contributed by atoms with Gasteiger partial charge in [-0.15, -0.1) is 0 Å². The summed E-state index contributed by atoms with van der Waals surface area (Å²) in [5, 5.41) is 3.33. The first-order chi connectivity index (χ1) is 9.43. The van der Waals surface area contributed by atoms with Gasteiger partial charge >= 0.3 is 6.18 Å². The van der Waals surface area contributed by atoms with Gasteiger partial charge in [0.2, 0.25) is 0 Å². The fourth-order valence-electron chi connectivity index (χ4n) is 3.03. The second-order valence-electron chi connectivity index (χ2n) is 5.29. The van der Waals surface area contributed by atoms with Gasteiger partial charge in [0.25, 0.3) is 0 Å². The van der Waals surface area contributed by atoms with Crippen LogP contribution in [0.4, 0.5) is 17.6 Å². The smallest absolute Gasteiger partial charge is 0.314 e. The summed E-state index contributed by atoms with van der Waals surface area (Å²) >= 11 is 0. The van der Waals surface area contributed by atoms with Crippen LogP contribution in [0.2, 0.25) is 0 Å². The molecule has 0 heterocycles. The van der Waals surface area contributed by atoms with E-state index in [2.05, 4.69) is 5.32 Å². The zero-order valence-corrected chi connectivity index (χ0v) is 11.4. The lowest BCUT2D eigenvalue weighted by molar-refractivity contribution is -0.140. The quantitative estimate of drug-likeness (QED) is 0.809. The van der Waals surface area contributed by atoms with Gasteiger partial charge in [0.1, 0.15) is 5.82 Å². The molecule has 0 bridgehead atoms. The molecular formula is C15H19F4N. The summed E-state index contributed by atoms with van der Waals surface area (Å²) in [7, 11) is 0. The molecule has 0 radical (unpaired) electrons. The van der Waals surface area contributed by atoms with Crippen molar-refractivity contribution in [3.05, 3.63) is 35.1 Å². The van der Waals surface area contributed by atoms with Crippen molar-refractivity contribution >= 4 is 0 Å². The number of benzene rings is 1. The highest BCUT2D eigenvalue weighted by Gasteiger charge is 2.35. The summed E-state index contributed by atoms with van der Waals surface area (Å²) in [5.41, 5.74) is -0.569. The van der Waals surface area contributed by atoms with Crippen LogP contribution in [-0.2, 0) is 6.18 Å². The monoisotopic (exact) mass is 289 g/mol. The molecule has 0 aromatic heterocycles. The summed E-state index contributed by atoms with van der Waals surface area (Å²) in [5.74, 6) is -1.16. The molecule has 1 aliphatic carbocycles. The second kappa shape index (κ2) is 6.12. The summed E-state index contributed by atoms with van der Waals surface area (Å²) in [6.45, 7) is 2.77. The molecule has 1 saturated carbocycles. The van der Waals surface area contributed by atoms with Crippen LogP contribution in [0.25, 0.3) is 0 Å². The SMILES string of the molecule is CCNC1CCCCC1c1ccc(F)c(C(F)(F)F)c1. The first-order valence-corrected chi connectivity index (χ1v) is 7.03. The second-order valence-corrected chi connectivity index (χ2v) is 5.29. The number of hydrogen-bond donors (Lipinski definition) is 1. The fourth-order valence-corrected chi connectivity index (χ4v) is 3.03. The molecule has 2 rings (SSSR count). The van der Waals surface area contributed by atoms with Crippen molar-refractivity contribution in [2.75, 3.05) is 6.54 Å². The van der Waals surface area contributed by atoms with E-state index in [1.807, 2.05) is 6.92 Å². The van der Waals surface area contributed by atoms with Gasteiger partial charge in [-0.3, -0.25) is 0 Å². The predicted octanol–water partition coefficient (Wildman–Crippen LogP) is 4.48. The lowest BCUT2D eigenvalue weighted by atomic mass is 9.79. The van der Waals surface area contributed by atoms with Crippen LogP contribution in [0.3, 0.4) is 0 Å². The van der Waals surface area contributed by atoms with Gasteiger partial charge in [-0.2, -0.15) is 13.2 Å². The summed E-state index contributed by atoms with van der Waals surface area (Å²) in [4.78, 5) is 0. The largest absolute Gasteiger partial charge is 0.419 e. The van der Waals surface area contributed by atoms with E-state index in [0.29, 0.717) is 5.56 Å². The van der Waals surface area contributed by atoms with Crippen LogP contribution < -0.4 is 5.32 Å². The third-order valence-corrected chi connectivity index (χ3v) is 3.96. The Balaban J connectivity index is 2.31.